The highest BCUT2D eigenvalue weighted by molar-refractivity contribution is 6.21. The Hall–Kier alpha value is -3.08. The summed E-state index contributed by atoms with van der Waals surface area (Å²) < 4.78 is 12.2. The number of benzene rings is 2. The van der Waals surface area contributed by atoms with Gasteiger partial charge in [0.05, 0.1) is 19.3 Å². The highest BCUT2D eigenvalue weighted by Gasteiger charge is 2.27. The number of fused-ring (bicyclic) bond motifs is 1. The van der Waals surface area contributed by atoms with Gasteiger partial charge in [-0.1, -0.05) is 30.3 Å². The molecule has 0 amide bonds. The lowest BCUT2D eigenvalue weighted by Gasteiger charge is -2.07. The largest absolute Gasteiger partial charge is 0.497 e. The van der Waals surface area contributed by atoms with E-state index in [2.05, 4.69) is 0 Å². The van der Waals surface area contributed by atoms with Crippen molar-refractivity contribution >= 4 is 22.7 Å². The van der Waals surface area contributed by atoms with Gasteiger partial charge in [-0.05, 0) is 25.1 Å². The van der Waals surface area contributed by atoms with Crippen molar-refractivity contribution in [3.8, 4) is 5.75 Å². The predicted octanol–water partition coefficient (Wildman–Crippen LogP) is 3.59. The summed E-state index contributed by atoms with van der Waals surface area (Å²) in [4.78, 5) is 25.7. The molecule has 0 bridgehead atoms. The van der Waals surface area contributed by atoms with Gasteiger partial charge in [0, 0.05) is 23.5 Å². The number of hydrogen-bond acceptors (Lipinski definition) is 4. The topological polar surface area (TPSA) is 57.5 Å². The Bertz CT molecular complexity index is 941. The molecule has 0 spiro atoms. The number of nitrogens with zero attached hydrogens (tertiary/aromatic N) is 1. The summed E-state index contributed by atoms with van der Waals surface area (Å²) in [6.45, 7) is 1.98. The zero-order valence-corrected chi connectivity index (χ0v) is 14.4. The number of methoxy groups -OCH3 is 1. The first-order chi connectivity index (χ1) is 12.1. The molecule has 0 N–H and O–H groups in total. The Labute approximate surface area is 145 Å². The molecule has 0 saturated carbocycles. The molecule has 128 valence electrons. The van der Waals surface area contributed by atoms with Crippen LogP contribution in [0.4, 0.5) is 0 Å². The number of hydrogen-bond donors (Lipinski definition) is 0. The third-order valence-electron chi connectivity index (χ3n) is 4.14. The average Bonchev–Trinajstić information content (AvgIpc) is 2.94. The first-order valence-electron chi connectivity index (χ1n) is 8.01. The van der Waals surface area contributed by atoms with Crippen molar-refractivity contribution in [1.82, 2.24) is 4.57 Å². The standard InChI is InChI=1S/C20H19NO4/c1-4-25-20(23)18-17(19(22)13-8-6-5-7-9-13)15-12-14(24-3)10-11-16(15)21(18)2/h5-12H,4H2,1-3H3. The molecule has 0 atom stereocenters. The van der Waals surface area contributed by atoms with Crippen molar-refractivity contribution < 1.29 is 19.1 Å². The first-order valence-corrected chi connectivity index (χ1v) is 8.01. The van der Waals surface area contributed by atoms with Crippen molar-refractivity contribution in [2.45, 2.75) is 6.92 Å². The molecule has 0 saturated heterocycles. The smallest absolute Gasteiger partial charge is 0.355 e. The molecule has 25 heavy (non-hydrogen) atoms. The molecule has 0 unspecified atom stereocenters. The fourth-order valence-electron chi connectivity index (χ4n) is 2.95. The highest BCUT2D eigenvalue weighted by Crippen LogP contribution is 2.31. The van der Waals surface area contributed by atoms with E-state index in [1.54, 1.807) is 62.0 Å². The lowest BCUT2D eigenvalue weighted by Crippen LogP contribution is -2.15. The maximum absolute atomic E-state index is 13.1. The zero-order valence-electron chi connectivity index (χ0n) is 14.4. The van der Waals surface area contributed by atoms with Crippen LogP contribution in [0.1, 0.15) is 33.3 Å². The van der Waals surface area contributed by atoms with E-state index >= 15 is 0 Å². The van der Waals surface area contributed by atoms with Gasteiger partial charge < -0.3 is 14.0 Å². The number of carbonyl (C=O) groups is 2. The van der Waals surface area contributed by atoms with Gasteiger partial charge in [-0.15, -0.1) is 0 Å². The lowest BCUT2D eigenvalue weighted by atomic mass is 10.00. The quantitative estimate of drug-likeness (QED) is 0.527. The third kappa shape index (κ3) is 2.89. The predicted molar refractivity (Wildman–Crippen MR) is 95.3 cm³/mol. The number of esters is 1. The molecule has 0 fully saturated rings. The Balaban J connectivity index is 2.31. The number of aromatic nitrogens is 1. The van der Waals surface area contributed by atoms with Gasteiger partial charge >= 0.3 is 5.97 Å². The van der Waals surface area contributed by atoms with Crippen LogP contribution in [0.5, 0.6) is 5.75 Å². The summed E-state index contributed by atoms with van der Waals surface area (Å²) in [5.74, 6) is -0.113. The van der Waals surface area contributed by atoms with E-state index in [1.807, 2.05) is 12.1 Å². The molecule has 5 nitrogen and oxygen atoms in total. The summed E-state index contributed by atoms with van der Waals surface area (Å²) in [7, 11) is 3.32. The van der Waals surface area contributed by atoms with Crippen LogP contribution >= 0.6 is 0 Å². The summed E-state index contributed by atoms with van der Waals surface area (Å²) >= 11 is 0. The minimum atomic E-state index is -0.514. The lowest BCUT2D eigenvalue weighted by molar-refractivity contribution is 0.0513. The molecule has 0 aliphatic rings. The zero-order chi connectivity index (χ0) is 18.0. The van der Waals surface area contributed by atoms with Gasteiger partial charge in [0.2, 0.25) is 0 Å². The van der Waals surface area contributed by atoms with E-state index < -0.39 is 5.97 Å². The number of rotatable bonds is 5. The van der Waals surface area contributed by atoms with Gasteiger partial charge in [0.1, 0.15) is 11.4 Å². The summed E-state index contributed by atoms with van der Waals surface area (Å²) in [5.41, 5.74) is 1.87. The van der Waals surface area contributed by atoms with Crippen molar-refractivity contribution in [1.29, 1.82) is 0 Å². The highest BCUT2D eigenvalue weighted by atomic mass is 16.5. The van der Waals surface area contributed by atoms with Crippen LogP contribution < -0.4 is 4.74 Å². The third-order valence-corrected chi connectivity index (χ3v) is 4.14. The molecule has 2 aromatic carbocycles. The monoisotopic (exact) mass is 337 g/mol. The minimum Gasteiger partial charge on any atom is -0.497 e. The van der Waals surface area contributed by atoms with E-state index in [1.165, 1.54) is 0 Å². The van der Waals surface area contributed by atoms with Crippen molar-refractivity contribution in [3.63, 3.8) is 0 Å². The van der Waals surface area contributed by atoms with Gasteiger partial charge in [-0.2, -0.15) is 0 Å². The minimum absolute atomic E-state index is 0.220. The van der Waals surface area contributed by atoms with Crippen molar-refractivity contribution in [2.75, 3.05) is 13.7 Å². The Morgan fingerprint density at radius 2 is 1.80 bits per heavy atom. The van der Waals surface area contributed by atoms with Gasteiger partial charge in [0.25, 0.3) is 0 Å². The second-order valence-corrected chi connectivity index (χ2v) is 5.58. The molecule has 3 rings (SSSR count). The maximum Gasteiger partial charge on any atom is 0.355 e. The Morgan fingerprint density at radius 1 is 1.08 bits per heavy atom. The van der Waals surface area contributed by atoms with Crippen molar-refractivity contribution in [3.05, 3.63) is 65.4 Å². The average molecular weight is 337 g/mol. The maximum atomic E-state index is 13.1. The van der Waals surface area contributed by atoms with Gasteiger partial charge in [0.15, 0.2) is 5.78 Å². The van der Waals surface area contributed by atoms with E-state index in [0.717, 1.165) is 5.52 Å². The molecule has 1 aromatic heterocycles. The molecule has 0 radical (unpaired) electrons. The van der Waals surface area contributed by atoms with E-state index in [4.69, 9.17) is 9.47 Å². The van der Waals surface area contributed by atoms with Crippen LogP contribution in [0.25, 0.3) is 10.9 Å². The van der Waals surface area contributed by atoms with Crippen LogP contribution in [0.3, 0.4) is 0 Å². The van der Waals surface area contributed by atoms with Crippen LogP contribution in [0, 0.1) is 0 Å². The van der Waals surface area contributed by atoms with Crippen LogP contribution in [0.15, 0.2) is 48.5 Å². The van der Waals surface area contributed by atoms with Crippen LogP contribution in [-0.2, 0) is 11.8 Å². The molecule has 0 aliphatic carbocycles. The molecule has 1 heterocycles. The van der Waals surface area contributed by atoms with E-state index in [9.17, 15) is 9.59 Å². The number of ketones is 1. The Morgan fingerprint density at radius 3 is 2.44 bits per heavy atom. The normalized spacial score (nSPS) is 10.7. The van der Waals surface area contributed by atoms with Crippen LogP contribution in [-0.4, -0.2) is 30.0 Å². The molecular formula is C20H19NO4. The number of carbonyl (C=O) groups excluding carboxylic acids is 2. The molecule has 5 heteroatoms. The van der Waals surface area contributed by atoms with Crippen LogP contribution in [0.2, 0.25) is 0 Å². The fraction of sp³-hybridized carbons (Fsp3) is 0.200. The summed E-state index contributed by atoms with van der Waals surface area (Å²) in [6, 6.07) is 14.3. The Kier molecular flexibility index (Phi) is 4.57. The van der Waals surface area contributed by atoms with Crippen molar-refractivity contribution in [2.24, 2.45) is 7.05 Å². The van der Waals surface area contributed by atoms with Gasteiger partial charge in [-0.25, -0.2) is 4.79 Å². The van der Waals surface area contributed by atoms with E-state index in [-0.39, 0.29) is 18.1 Å². The fourth-order valence-corrected chi connectivity index (χ4v) is 2.95. The molecule has 3 aromatic rings. The second-order valence-electron chi connectivity index (χ2n) is 5.58. The SMILES string of the molecule is CCOC(=O)c1c(C(=O)c2ccccc2)c2cc(OC)ccc2n1C. The number of ether oxygens (including phenoxy) is 2. The first kappa shape index (κ1) is 16.8. The summed E-state index contributed by atoms with van der Waals surface area (Å²) in [5, 5.41) is 0.666. The second kappa shape index (κ2) is 6.81. The number of aryl methyl sites for hydroxylation is 1. The summed E-state index contributed by atoms with van der Waals surface area (Å²) in [6.07, 6.45) is 0. The molecule has 0 aliphatic heterocycles. The van der Waals surface area contributed by atoms with E-state index in [0.29, 0.717) is 22.3 Å². The molecular weight excluding hydrogens is 318 g/mol. The van der Waals surface area contributed by atoms with Gasteiger partial charge in [-0.3, -0.25) is 4.79 Å².